The van der Waals surface area contributed by atoms with E-state index in [1.54, 1.807) is 0 Å². The number of carbonyl (C=O) groups is 1. The summed E-state index contributed by atoms with van der Waals surface area (Å²) in [5, 5.41) is 0. The number of hydrogen-bond acceptors (Lipinski definition) is 2. The summed E-state index contributed by atoms with van der Waals surface area (Å²) in [5.41, 5.74) is 3.76. The molecule has 23 heavy (non-hydrogen) atoms. The van der Waals surface area contributed by atoms with Crippen LogP contribution >= 0.6 is 0 Å². The van der Waals surface area contributed by atoms with Crippen LogP contribution in [0.5, 0.6) is 0 Å². The first-order valence-corrected chi connectivity index (χ1v) is 8.19. The lowest BCUT2D eigenvalue weighted by Gasteiger charge is -2.09. The lowest BCUT2D eigenvalue weighted by atomic mass is 9.96. The second-order valence-electron chi connectivity index (χ2n) is 5.53. The Kier molecular flexibility index (Phi) is 7.12. The van der Waals surface area contributed by atoms with E-state index in [0.29, 0.717) is 6.42 Å². The number of unbranched alkanes of at least 4 members (excludes halogenated alkanes) is 3. The minimum atomic E-state index is -0.116. The molecule has 0 aliphatic carbocycles. The molecule has 2 nitrogen and oxygen atoms in total. The molecule has 0 aromatic heterocycles. The van der Waals surface area contributed by atoms with Crippen LogP contribution in [0.15, 0.2) is 66.7 Å². The molecule has 0 radical (unpaired) electrons. The molecule has 120 valence electrons. The van der Waals surface area contributed by atoms with E-state index in [1.165, 1.54) is 23.8 Å². The summed E-state index contributed by atoms with van der Waals surface area (Å²) < 4.78 is 4.66. The van der Waals surface area contributed by atoms with Crippen LogP contribution in [-0.2, 0) is 9.53 Å². The molecule has 0 unspecified atom stereocenters. The SMILES string of the molecule is COC(=O)CCCCCC=C(c1ccccc1)c1ccccc1. The second kappa shape index (κ2) is 9.62. The van der Waals surface area contributed by atoms with Gasteiger partial charge >= 0.3 is 5.97 Å². The third-order valence-electron chi connectivity index (χ3n) is 3.83. The van der Waals surface area contributed by atoms with Gasteiger partial charge in [0.15, 0.2) is 0 Å². The monoisotopic (exact) mass is 308 g/mol. The largest absolute Gasteiger partial charge is 0.469 e. The maximum absolute atomic E-state index is 11.1. The van der Waals surface area contributed by atoms with Crippen molar-refractivity contribution in [3.8, 4) is 0 Å². The number of methoxy groups -OCH3 is 1. The summed E-state index contributed by atoms with van der Waals surface area (Å²) in [6.07, 6.45) is 6.86. The van der Waals surface area contributed by atoms with E-state index in [9.17, 15) is 4.79 Å². The Morgan fingerprint density at radius 1 is 0.870 bits per heavy atom. The van der Waals surface area contributed by atoms with Gasteiger partial charge in [0.05, 0.1) is 7.11 Å². The summed E-state index contributed by atoms with van der Waals surface area (Å²) in [4.78, 5) is 11.1. The van der Waals surface area contributed by atoms with Crippen LogP contribution in [0, 0.1) is 0 Å². The molecular formula is C21H24O2. The standard InChI is InChI=1S/C21H24O2/c1-23-21(22)17-11-3-2-10-16-20(18-12-6-4-7-13-18)19-14-8-5-9-15-19/h4-9,12-16H,2-3,10-11,17H2,1H3. The highest BCUT2D eigenvalue weighted by atomic mass is 16.5. The third-order valence-corrected chi connectivity index (χ3v) is 3.83. The van der Waals surface area contributed by atoms with Gasteiger partial charge in [-0.2, -0.15) is 0 Å². The Morgan fingerprint density at radius 3 is 1.96 bits per heavy atom. The first-order chi connectivity index (χ1) is 11.3. The van der Waals surface area contributed by atoms with Crippen LogP contribution in [0.4, 0.5) is 0 Å². The van der Waals surface area contributed by atoms with Gasteiger partial charge < -0.3 is 4.74 Å². The topological polar surface area (TPSA) is 26.3 Å². The molecule has 0 heterocycles. The zero-order chi connectivity index (χ0) is 16.3. The molecule has 0 N–H and O–H groups in total. The number of allylic oxidation sites excluding steroid dienone is 1. The molecule has 2 heteroatoms. The van der Waals surface area contributed by atoms with E-state index in [1.807, 2.05) is 12.1 Å². The average Bonchev–Trinajstić information content (AvgIpc) is 2.62. The highest BCUT2D eigenvalue weighted by Gasteiger charge is 2.04. The Balaban J connectivity index is 1.97. The number of esters is 1. The normalized spacial score (nSPS) is 10.1. The molecule has 2 aromatic carbocycles. The number of carbonyl (C=O) groups excluding carboxylic acids is 1. The van der Waals surface area contributed by atoms with Crippen molar-refractivity contribution in [3.05, 3.63) is 77.9 Å². The molecule has 0 bridgehead atoms. The second-order valence-corrected chi connectivity index (χ2v) is 5.53. The van der Waals surface area contributed by atoms with Gasteiger partial charge in [-0.05, 0) is 36.0 Å². The van der Waals surface area contributed by atoms with E-state index in [4.69, 9.17) is 0 Å². The van der Waals surface area contributed by atoms with Crippen molar-refractivity contribution in [3.63, 3.8) is 0 Å². The van der Waals surface area contributed by atoms with Crippen molar-refractivity contribution in [1.82, 2.24) is 0 Å². The predicted molar refractivity (Wildman–Crippen MR) is 95.1 cm³/mol. The molecule has 0 aliphatic heterocycles. The van der Waals surface area contributed by atoms with Gasteiger partial charge in [-0.3, -0.25) is 4.79 Å². The molecule has 2 aromatic rings. The lowest BCUT2D eigenvalue weighted by molar-refractivity contribution is -0.140. The minimum Gasteiger partial charge on any atom is -0.469 e. The van der Waals surface area contributed by atoms with E-state index in [2.05, 4.69) is 59.3 Å². The summed E-state index contributed by atoms with van der Waals surface area (Å²) in [6.45, 7) is 0. The predicted octanol–water partition coefficient (Wildman–Crippen LogP) is 5.24. The Morgan fingerprint density at radius 2 is 1.43 bits per heavy atom. The fraction of sp³-hybridized carbons (Fsp3) is 0.286. The van der Waals surface area contributed by atoms with Crippen LogP contribution in [0.25, 0.3) is 5.57 Å². The van der Waals surface area contributed by atoms with Gasteiger partial charge in [-0.15, -0.1) is 0 Å². The van der Waals surface area contributed by atoms with Gasteiger partial charge in [0.1, 0.15) is 0 Å². The summed E-state index contributed by atoms with van der Waals surface area (Å²) in [5.74, 6) is -0.116. The molecule has 0 saturated carbocycles. The zero-order valence-electron chi connectivity index (χ0n) is 13.7. The molecule has 0 saturated heterocycles. The first kappa shape index (κ1) is 17.0. The van der Waals surface area contributed by atoms with E-state index in [-0.39, 0.29) is 5.97 Å². The molecule has 0 atom stereocenters. The summed E-state index contributed by atoms with van der Waals surface area (Å²) in [6, 6.07) is 21.0. The molecule has 0 fully saturated rings. The maximum atomic E-state index is 11.1. The third kappa shape index (κ3) is 5.74. The Hall–Kier alpha value is -2.35. The minimum absolute atomic E-state index is 0.116. The quantitative estimate of drug-likeness (QED) is 0.492. The summed E-state index contributed by atoms with van der Waals surface area (Å²) in [7, 11) is 1.44. The van der Waals surface area contributed by atoms with Gasteiger partial charge in [0.2, 0.25) is 0 Å². The maximum Gasteiger partial charge on any atom is 0.305 e. The molecule has 0 spiro atoms. The van der Waals surface area contributed by atoms with E-state index in [0.717, 1.165) is 25.7 Å². The van der Waals surface area contributed by atoms with Crippen LogP contribution in [-0.4, -0.2) is 13.1 Å². The van der Waals surface area contributed by atoms with Gasteiger partial charge in [-0.25, -0.2) is 0 Å². The van der Waals surface area contributed by atoms with Crippen molar-refractivity contribution in [1.29, 1.82) is 0 Å². The van der Waals surface area contributed by atoms with Crippen LogP contribution in [0.3, 0.4) is 0 Å². The number of benzene rings is 2. The number of rotatable bonds is 8. The van der Waals surface area contributed by atoms with Crippen molar-refractivity contribution in [2.24, 2.45) is 0 Å². The molecule has 2 rings (SSSR count). The smallest absolute Gasteiger partial charge is 0.305 e. The van der Waals surface area contributed by atoms with Gasteiger partial charge in [-0.1, -0.05) is 73.2 Å². The summed E-state index contributed by atoms with van der Waals surface area (Å²) >= 11 is 0. The van der Waals surface area contributed by atoms with Crippen molar-refractivity contribution in [2.45, 2.75) is 32.1 Å². The van der Waals surface area contributed by atoms with Gasteiger partial charge in [0, 0.05) is 6.42 Å². The molecule has 0 amide bonds. The average molecular weight is 308 g/mol. The van der Waals surface area contributed by atoms with Crippen molar-refractivity contribution in [2.75, 3.05) is 7.11 Å². The van der Waals surface area contributed by atoms with Gasteiger partial charge in [0.25, 0.3) is 0 Å². The molecule has 0 aliphatic rings. The zero-order valence-corrected chi connectivity index (χ0v) is 13.7. The van der Waals surface area contributed by atoms with Crippen molar-refractivity contribution < 1.29 is 9.53 Å². The highest BCUT2D eigenvalue weighted by molar-refractivity contribution is 5.79. The van der Waals surface area contributed by atoms with Crippen molar-refractivity contribution >= 4 is 11.5 Å². The van der Waals surface area contributed by atoms with Crippen LogP contribution in [0.1, 0.15) is 43.2 Å². The van der Waals surface area contributed by atoms with E-state index >= 15 is 0 Å². The number of ether oxygens (including phenoxy) is 1. The Bertz CT molecular complexity index is 573. The fourth-order valence-electron chi connectivity index (χ4n) is 2.58. The molecular weight excluding hydrogens is 284 g/mol. The van der Waals surface area contributed by atoms with Crippen LogP contribution < -0.4 is 0 Å². The first-order valence-electron chi connectivity index (χ1n) is 8.19. The van der Waals surface area contributed by atoms with Crippen LogP contribution in [0.2, 0.25) is 0 Å². The fourth-order valence-corrected chi connectivity index (χ4v) is 2.58. The highest BCUT2D eigenvalue weighted by Crippen LogP contribution is 2.24. The van der Waals surface area contributed by atoms with E-state index < -0.39 is 0 Å². The number of hydrogen-bond donors (Lipinski definition) is 0. The lowest BCUT2D eigenvalue weighted by Crippen LogP contribution is -1.99. The Labute approximate surface area is 138 Å².